The van der Waals surface area contributed by atoms with Gasteiger partial charge in [-0.1, -0.05) is 0 Å². The Labute approximate surface area is 80.0 Å². The zero-order valence-corrected chi connectivity index (χ0v) is 7.47. The highest BCUT2D eigenvalue weighted by Crippen LogP contribution is 2.16. The summed E-state index contributed by atoms with van der Waals surface area (Å²) in [5.41, 5.74) is 0. The van der Waals surface area contributed by atoms with Gasteiger partial charge in [0.05, 0.1) is 5.29 Å². The molecule has 7 heteroatoms. The topological polar surface area (TPSA) is 99.1 Å². The standard InChI is InChI=1S/C7H11N3O4/c11-6(12)4-8-7(13)5-2-1-3-10(5)9-14/h5H,1-4H2,(H,8,13)(H,11,12). The molecule has 0 aromatic heterocycles. The molecular weight excluding hydrogens is 190 g/mol. The Kier molecular flexibility index (Phi) is 3.38. The van der Waals surface area contributed by atoms with E-state index in [1.165, 1.54) is 0 Å². The molecule has 1 amide bonds. The first-order valence-electron chi connectivity index (χ1n) is 4.24. The SMILES string of the molecule is O=NN1CCCC1C(=O)NCC(=O)O. The number of carbonyl (C=O) groups is 2. The highest BCUT2D eigenvalue weighted by molar-refractivity contribution is 5.85. The summed E-state index contributed by atoms with van der Waals surface area (Å²) in [5.74, 6) is -1.56. The maximum absolute atomic E-state index is 11.3. The molecule has 0 aromatic carbocycles. The van der Waals surface area contributed by atoms with E-state index in [4.69, 9.17) is 5.11 Å². The van der Waals surface area contributed by atoms with Crippen LogP contribution < -0.4 is 5.32 Å². The Balaban J connectivity index is 2.43. The number of nitrogens with one attached hydrogen (secondary N) is 1. The summed E-state index contributed by atoms with van der Waals surface area (Å²) < 4.78 is 0. The van der Waals surface area contributed by atoms with Crippen molar-refractivity contribution in [2.24, 2.45) is 5.29 Å². The number of carbonyl (C=O) groups excluding carboxylic acids is 1. The van der Waals surface area contributed by atoms with Crippen molar-refractivity contribution in [2.75, 3.05) is 13.1 Å². The van der Waals surface area contributed by atoms with Crippen molar-refractivity contribution < 1.29 is 14.7 Å². The highest BCUT2D eigenvalue weighted by atomic mass is 16.4. The first-order chi connectivity index (χ1) is 6.65. The van der Waals surface area contributed by atoms with Crippen molar-refractivity contribution in [2.45, 2.75) is 18.9 Å². The van der Waals surface area contributed by atoms with E-state index in [0.717, 1.165) is 11.4 Å². The average Bonchev–Trinajstić information content (AvgIpc) is 2.61. The second-order valence-corrected chi connectivity index (χ2v) is 3.01. The van der Waals surface area contributed by atoms with Crippen LogP contribution in [0.5, 0.6) is 0 Å². The Morgan fingerprint density at radius 3 is 2.86 bits per heavy atom. The quantitative estimate of drug-likeness (QED) is 0.588. The number of nitroso groups, excluding NO2 is 1. The van der Waals surface area contributed by atoms with Crippen LogP contribution in [0.4, 0.5) is 0 Å². The van der Waals surface area contributed by atoms with Crippen LogP contribution in [-0.2, 0) is 9.59 Å². The lowest BCUT2D eigenvalue weighted by Crippen LogP contribution is -2.42. The molecule has 1 atom stereocenters. The number of hydrogen-bond donors (Lipinski definition) is 2. The lowest BCUT2D eigenvalue weighted by Gasteiger charge is -2.16. The predicted molar refractivity (Wildman–Crippen MR) is 46.2 cm³/mol. The van der Waals surface area contributed by atoms with Crippen LogP contribution in [0.1, 0.15) is 12.8 Å². The van der Waals surface area contributed by atoms with Crippen LogP contribution >= 0.6 is 0 Å². The van der Waals surface area contributed by atoms with E-state index in [-0.39, 0.29) is 0 Å². The first kappa shape index (κ1) is 10.4. The molecule has 1 heterocycles. The fourth-order valence-corrected chi connectivity index (χ4v) is 1.40. The molecule has 1 aliphatic rings. The van der Waals surface area contributed by atoms with Gasteiger partial charge >= 0.3 is 5.97 Å². The average molecular weight is 201 g/mol. The molecular formula is C7H11N3O4. The largest absolute Gasteiger partial charge is 0.480 e. The monoisotopic (exact) mass is 201 g/mol. The molecule has 1 saturated heterocycles. The van der Waals surface area contributed by atoms with Gasteiger partial charge in [0.1, 0.15) is 12.6 Å². The Bertz CT molecular complexity index is 255. The number of nitrogens with zero attached hydrogens (tertiary/aromatic N) is 2. The molecule has 0 bridgehead atoms. The summed E-state index contributed by atoms with van der Waals surface area (Å²) in [4.78, 5) is 31.7. The molecule has 1 aliphatic heterocycles. The number of aliphatic carboxylic acids is 1. The highest BCUT2D eigenvalue weighted by Gasteiger charge is 2.30. The number of carboxylic acids is 1. The maximum atomic E-state index is 11.3. The van der Waals surface area contributed by atoms with Crippen molar-refractivity contribution in [1.29, 1.82) is 0 Å². The third-order valence-corrected chi connectivity index (χ3v) is 2.05. The van der Waals surface area contributed by atoms with Crippen molar-refractivity contribution in [3.63, 3.8) is 0 Å². The van der Waals surface area contributed by atoms with Crippen LogP contribution in [0.25, 0.3) is 0 Å². The summed E-state index contributed by atoms with van der Waals surface area (Å²) in [6.07, 6.45) is 1.26. The van der Waals surface area contributed by atoms with Crippen molar-refractivity contribution >= 4 is 11.9 Å². The smallest absolute Gasteiger partial charge is 0.322 e. The van der Waals surface area contributed by atoms with E-state index in [0.29, 0.717) is 13.0 Å². The van der Waals surface area contributed by atoms with Gasteiger partial charge in [-0.05, 0) is 12.8 Å². The van der Waals surface area contributed by atoms with Gasteiger partial charge in [-0.3, -0.25) is 9.59 Å². The fourth-order valence-electron chi connectivity index (χ4n) is 1.40. The molecule has 7 nitrogen and oxygen atoms in total. The number of rotatable bonds is 4. The van der Waals surface area contributed by atoms with Gasteiger partial charge in [0.2, 0.25) is 5.91 Å². The minimum atomic E-state index is -1.11. The Morgan fingerprint density at radius 2 is 2.29 bits per heavy atom. The van der Waals surface area contributed by atoms with Gasteiger partial charge in [0.15, 0.2) is 0 Å². The second-order valence-electron chi connectivity index (χ2n) is 3.01. The van der Waals surface area contributed by atoms with E-state index < -0.39 is 24.5 Å². The zero-order chi connectivity index (χ0) is 10.6. The second kappa shape index (κ2) is 4.54. The molecule has 2 N–H and O–H groups in total. The van der Waals surface area contributed by atoms with Crippen LogP contribution in [0.2, 0.25) is 0 Å². The van der Waals surface area contributed by atoms with Gasteiger partial charge in [-0.2, -0.15) is 0 Å². The van der Waals surface area contributed by atoms with Crippen molar-refractivity contribution in [3.05, 3.63) is 4.91 Å². The molecule has 0 radical (unpaired) electrons. The normalized spacial score (nSPS) is 20.6. The summed E-state index contributed by atoms with van der Waals surface area (Å²) in [6, 6.07) is -0.605. The summed E-state index contributed by atoms with van der Waals surface area (Å²) in [6.45, 7) is 0.0245. The van der Waals surface area contributed by atoms with Crippen molar-refractivity contribution in [1.82, 2.24) is 10.3 Å². The van der Waals surface area contributed by atoms with E-state index >= 15 is 0 Å². The van der Waals surface area contributed by atoms with Gasteiger partial charge < -0.3 is 10.4 Å². The van der Waals surface area contributed by atoms with Crippen molar-refractivity contribution in [3.8, 4) is 0 Å². The van der Waals surface area contributed by atoms with Crippen LogP contribution in [-0.4, -0.2) is 41.1 Å². The fraction of sp³-hybridized carbons (Fsp3) is 0.714. The van der Waals surface area contributed by atoms with Gasteiger partial charge in [0, 0.05) is 6.54 Å². The molecule has 1 fully saturated rings. The molecule has 1 unspecified atom stereocenters. The van der Waals surface area contributed by atoms with Crippen LogP contribution in [0.3, 0.4) is 0 Å². The summed E-state index contributed by atoms with van der Waals surface area (Å²) >= 11 is 0. The van der Waals surface area contributed by atoms with E-state index in [9.17, 15) is 14.5 Å². The Hall–Kier alpha value is -1.66. The first-order valence-corrected chi connectivity index (χ1v) is 4.24. The number of hydrogen-bond acceptors (Lipinski definition) is 4. The molecule has 14 heavy (non-hydrogen) atoms. The maximum Gasteiger partial charge on any atom is 0.322 e. The molecule has 0 aromatic rings. The Morgan fingerprint density at radius 1 is 1.57 bits per heavy atom. The lowest BCUT2D eigenvalue weighted by atomic mass is 10.2. The van der Waals surface area contributed by atoms with E-state index in [1.54, 1.807) is 0 Å². The zero-order valence-electron chi connectivity index (χ0n) is 7.47. The summed E-state index contributed by atoms with van der Waals surface area (Å²) in [5, 5.41) is 14.4. The van der Waals surface area contributed by atoms with Gasteiger partial charge in [-0.25, -0.2) is 5.01 Å². The third kappa shape index (κ3) is 2.41. The minimum absolute atomic E-state index is 0.429. The molecule has 1 rings (SSSR count). The summed E-state index contributed by atoms with van der Waals surface area (Å²) in [7, 11) is 0. The lowest BCUT2D eigenvalue weighted by molar-refractivity contribution is -0.138. The van der Waals surface area contributed by atoms with Gasteiger partial charge in [-0.15, -0.1) is 4.91 Å². The molecule has 78 valence electrons. The van der Waals surface area contributed by atoms with Crippen LogP contribution in [0.15, 0.2) is 5.29 Å². The number of amides is 1. The predicted octanol–water partition coefficient (Wildman–Crippen LogP) is -0.667. The number of carboxylic acid groups (broad SMARTS) is 1. The molecule has 0 saturated carbocycles. The third-order valence-electron chi connectivity index (χ3n) is 2.05. The minimum Gasteiger partial charge on any atom is -0.480 e. The van der Waals surface area contributed by atoms with Gasteiger partial charge in [0.25, 0.3) is 0 Å². The van der Waals surface area contributed by atoms with Crippen LogP contribution in [0, 0.1) is 4.91 Å². The van der Waals surface area contributed by atoms with E-state index in [1.807, 2.05) is 0 Å². The molecule has 0 aliphatic carbocycles. The molecule has 0 spiro atoms. The van der Waals surface area contributed by atoms with E-state index in [2.05, 4.69) is 10.6 Å².